The van der Waals surface area contributed by atoms with Crippen molar-refractivity contribution in [3.63, 3.8) is 0 Å². The Morgan fingerprint density at radius 1 is 0.702 bits per heavy atom. The van der Waals surface area contributed by atoms with E-state index in [1.807, 2.05) is 27.2 Å². The van der Waals surface area contributed by atoms with Crippen LogP contribution in [0.15, 0.2) is 36.5 Å². The first kappa shape index (κ1) is 45.7. The second-order valence-electron chi connectivity index (χ2n) is 13.9. The Balaban J connectivity index is 4.51. The first-order valence-electron chi connectivity index (χ1n) is 18.9. The Hall–Kier alpha value is -1.28. The molecule has 0 bridgehead atoms. The van der Waals surface area contributed by atoms with Gasteiger partial charge in [-0.05, 0) is 57.8 Å². The van der Waals surface area contributed by atoms with Gasteiger partial charge in [-0.3, -0.25) is 13.8 Å². The van der Waals surface area contributed by atoms with E-state index in [0.717, 1.165) is 51.4 Å². The van der Waals surface area contributed by atoms with Gasteiger partial charge >= 0.3 is 7.82 Å². The summed E-state index contributed by atoms with van der Waals surface area (Å²) in [5.41, 5.74) is 0. The van der Waals surface area contributed by atoms with Crippen molar-refractivity contribution in [2.24, 2.45) is 0 Å². The fourth-order valence-corrected chi connectivity index (χ4v) is 5.73. The molecule has 47 heavy (non-hydrogen) atoms. The Labute approximate surface area is 289 Å². The molecule has 0 aromatic rings. The Kier molecular flexibility index (Phi) is 29.9. The minimum Gasteiger partial charge on any atom is -0.387 e. The maximum absolute atomic E-state index is 12.8. The number of amides is 1. The first-order valence-corrected chi connectivity index (χ1v) is 20.4. The highest BCUT2D eigenvalue weighted by molar-refractivity contribution is 7.47. The van der Waals surface area contributed by atoms with Crippen molar-refractivity contribution >= 4 is 13.7 Å². The molecule has 0 saturated heterocycles. The van der Waals surface area contributed by atoms with Crippen LogP contribution >= 0.6 is 7.82 Å². The number of nitrogens with one attached hydrogen (secondary N) is 1. The third-order valence-corrected chi connectivity index (χ3v) is 9.07. The van der Waals surface area contributed by atoms with Gasteiger partial charge in [-0.2, -0.15) is 0 Å². The van der Waals surface area contributed by atoms with E-state index in [1.165, 1.54) is 77.0 Å². The average Bonchev–Trinajstić information content (AvgIpc) is 3.01. The van der Waals surface area contributed by atoms with Crippen molar-refractivity contribution in [3.05, 3.63) is 36.5 Å². The van der Waals surface area contributed by atoms with Crippen LogP contribution in [0.5, 0.6) is 0 Å². The van der Waals surface area contributed by atoms with Crippen molar-refractivity contribution in [1.29, 1.82) is 0 Å². The second kappa shape index (κ2) is 30.8. The van der Waals surface area contributed by atoms with Crippen LogP contribution in [0.2, 0.25) is 0 Å². The van der Waals surface area contributed by atoms with Crippen molar-refractivity contribution in [1.82, 2.24) is 5.32 Å². The largest absolute Gasteiger partial charge is 0.472 e. The summed E-state index contributed by atoms with van der Waals surface area (Å²) in [5, 5.41) is 13.7. The number of phosphoric acid groups is 1. The van der Waals surface area contributed by atoms with E-state index in [1.54, 1.807) is 6.08 Å². The molecule has 8 nitrogen and oxygen atoms in total. The zero-order valence-electron chi connectivity index (χ0n) is 31.0. The first-order chi connectivity index (χ1) is 22.5. The highest BCUT2D eigenvalue weighted by atomic mass is 31.2. The van der Waals surface area contributed by atoms with Gasteiger partial charge in [-0.25, -0.2) is 4.57 Å². The number of rotatable bonds is 33. The number of aliphatic hydroxyl groups is 1. The van der Waals surface area contributed by atoms with Crippen molar-refractivity contribution in [3.8, 4) is 0 Å². The summed E-state index contributed by atoms with van der Waals surface area (Å²) in [4.78, 5) is 22.9. The van der Waals surface area contributed by atoms with Gasteiger partial charge < -0.3 is 19.8 Å². The van der Waals surface area contributed by atoms with Crippen LogP contribution < -0.4 is 5.32 Å². The van der Waals surface area contributed by atoms with Gasteiger partial charge in [0.25, 0.3) is 0 Å². The molecule has 9 heteroatoms. The summed E-state index contributed by atoms with van der Waals surface area (Å²) in [6.07, 6.45) is 35.0. The maximum Gasteiger partial charge on any atom is 0.472 e. The molecule has 3 atom stereocenters. The van der Waals surface area contributed by atoms with Crippen LogP contribution in [0.1, 0.15) is 149 Å². The number of phosphoric ester groups is 1. The third kappa shape index (κ3) is 33.0. The molecule has 3 N–H and O–H groups in total. The van der Waals surface area contributed by atoms with Gasteiger partial charge in [0, 0.05) is 6.42 Å². The molecule has 0 saturated carbocycles. The SMILES string of the molecule is CCCCC/C=C/CC/C=C/C(O)C(COP(=O)(O)OCC[N+](C)(C)C)NC(=O)CCCCCCC/C=C\CCCCCCCCC. The van der Waals surface area contributed by atoms with Gasteiger partial charge in [0.2, 0.25) is 5.91 Å². The van der Waals surface area contributed by atoms with Gasteiger partial charge in [-0.15, -0.1) is 0 Å². The number of likely N-dealkylation sites (N-methyl/N-ethyl adjacent to an activating group) is 1. The predicted molar refractivity (Wildman–Crippen MR) is 198 cm³/mol. The molecule has 0 aliphatic rings. The lowest BCUT2D eigenvalue weighted by Gasteiger charge is -2.25. The Morgan fingerprint density at radius 3 is 1.74 bits per heavy atom. The third-order valence-electron chi connectivity index (χ3n) is 8.08. The topological polar surface area (TPSA) is 105 Å². The molecule has 0 radical (unpaired) electrons. The van der Waals surface area contributed by atoms with Crippen LogP contribution in [-0.2, 0) is 18.4 Å². The number of allylic oxidation sites excluding steroid dienone is 5. The van der Waals surface area contributed by atoms with E-state index in [-0.39, 0.29) is 19.1 Å². The normalized spacial score (nSPS) is 15.1. The molecular formula is C38H74N2O6P+. The zero-order valence-corrected chi connectivity index (χ0v) is 31.9. The summed E-state index contributed by atoms with van der Waals surface area (Å²) in [6.45, 7) is 4.70. The second-order valence-corrected chi connectivity index (χ2v) is 15.4. The molecule has 1 amide bonds. The molecule has 0 fully saturated rings. The highest BCUT2D eigenvalue weighted by Crippen LogP contribution is 2.43. The maximum atomic E-state index is 12.8. The minimum absolute atomic E-state index is 0.0538. The van der Waals surface area contributed by atoms with Gasteiger partial charge in [0.05, 0.1) is 39.9 Å². The number of hydrogen-bond acceptors (Lipinski definition) is 5. The molecule has 0 aliphatic heterocycles. The summed E-state index contributed by atoms with van der Waals surface area (Å²) in [5.74, 6) is -0.201. The fourth-order valence-electron chi connectivity index (χ4n) is 4.99. The standard InChI is InChI=1S/C38H73N2O6P/c1-6-8-10-12-14-16-17-18-19-20-21-22-24-26-28-30-32-38(42)39-36(35-46-47(43,44)45-34-33-40(3,4)5)37(41)31-29-27-25-23-15-13-11-9-7-2/h15,19-20,23,29,31,36-37,41H,6-14,16-18,21-22,24-28,30,32-35H2,1-5H3,(H-,39,42,43,44)/p+1/b20-19-,23-15+,31-29+. The van der Waals surface area contributed by atoms with E-state index in [0.29, 0.717) is 17.4 Å². The molecule has 0 aliphatic carbocycles. The molecule has 0 spiro atoms. The molecular weight excluding hydrogens is 611 g/mol. The quantitative estimate of drug-likeness (QED) is 0.0275. The van der Waals surface area contributed by atoms with Crippen molar-refractivity contribution in [2.45, 2.75) is 161 Å². The molecule has 0 rings (SSSR count). The summed E-state index contributed by atoms with van der Waals surface area (Å²) < 4.78 is 23.4. The Morgan fingerprint density at radius 2 is 1.17 bits per heavy atom. The summed E-state index contributed by atoms with van der Waals surface area (Å²) >= 11 is 0. The monoisotopic (exact) mass is 686 g/mol. The number of unbranched alkanes of at least 4 members (excludes halogenated alkanes) is 16. The van der Waals surface area contributed by atoms with E-state index in [9.17, 15) is 19.4 Å². The predicted octanol–water partition coefficient (Wildman–Crippen LogP) is 9.57. The molecule has 0 aromatic carbocycles. The zero-order chi connectivity index (χ0) is 35.1. The molecule has 3 unspecified atom stereocenters. The number of aliphatic hydroxyl groups excluding tert-OH is 1. The smallest absolute Gasteiger partial charge is 0.387 e. The number of nitrogens with zero attached hydrogens (tertiary/aromatic N) is 1. The lowest BCUT2D eigenvalue weighted by molar-refractivity contribution is -0.870. The summed E-state index contributed by atoms with van der Waals surface area (Å²) in [7, 11) is 1.54. The lowest BCUT2D eigenvalue weighted by Crippen LogP contribution is -2.45. The minimum atomic E-state index is -4.33. The van der Waals surface area contributed by atoms with Crippen molar-refractivity contribution in [2.75, 3.05) is 40.9 Å². The van der Waals surface area contributed by atoms with Crippen LogP contribution in [0.25, 0.3) is 0 Å². The highest BCUT2D eigenvalue weighted by Gasteiger charge is 2.27. The van der Waals surface area contributed by atoms with Crippen LogP contribution in [-0.4, -0.2) is 73.4 Å². The van der Waals surface area contributed by atoms with Gasteiger partial charge in [-0.1, -0.05) is 121 Å². The molecule has 0 aromatic heterocycles. The fraction of sp³-hybridized carbons (Fsp3) is 0.816. The van der Waals surface area contributed by atoms with Gasteiger partial charge in [0.1, 0.15) is 13.2 Å². The molecule has 276 valence electrons. The Bertz CT molecular complexity index is 871. The van der Waals surface area contributed by atoms with E-state index >= 15 is 0 Å². The number of quaternary nitrogens is 1. The van der Waals surface area contributed by atoms with E-state index in [2.05, 4.69) is 43.5 Å². The number of carbonyl (C=O) groups is 1. The number of hydrogen-bond donors (Lipinski definition) is 3. The molecule has 0 heterocycles. The van der Waals surface area contributed by atoms with Crippen LogP contribution in [0, 0.1) is 0 Å². The van der Waals surface area contributed by atoms with E-state index in [4.69, 9.17) is 9.05 Å². The van der Waals surface area contributed by atoms with E-state index < -0.39 is 20.0 Å². The van der Waals surface area contributed by atoms with Crippen molar-refractivity contribution < 1.29 is 32.9 Å². The summed E-state index contributed by atoms with van der Waals surface area (Å²) in [6, 6.07) is -0.862. The van der Waals surface area contributed by atoms with Crippen LogP contribution in [0.4, 0.5) is 0 Å². The number of carbonyl (C=O) groups excluding carboxylic acids is 1. The average molecular weight is 686 g/mol. The van der Waals surface area contributed by atoms with Crippen LogP contribution in [0.3, 0.4) is 0 Å². The lowest BCUT2D eigenvalue weighted by atomic mass is 10.1. The van der Waals surface area contributed by atoms with Gasteiger partial charge in [0.15, 0.2) is 0 Å².